The van der Waals surface area contributed by atoms with E-state index in [1.54, 1.807) is 31.2 Å². The Labute approximate surface area is 125 Å². The fourth-order valence-corrected chi connectivity index (χ4v) is 2.96. The summed E-state index contributed by atoms with van der Waals surface area (Å²) < 4.78 is 0. The molecule has 1 aromatic heterocycles. The molecule has 0 unspecified atom stereocenters. The van der Waals surface area contributed by atoms with Crippen LogP contribution in [-0.2, 0) is 6.61 Å². The summed E-state index contributed by atoms with van der Waals surface area (Å²) in [6, 6.07) is 6.49. The first kappa shape index (κ1) is 15.2. The number of aliphatic hydroxyl groups excluding tert-OH is 1. The molecule has 110 valence electrons. The van der Waals surface area contributed by atoms with Gasteiger partial charge in [-0.3, -0.25) is 4.79 Å². The van der Waals surface area contributed by atoms with Gasteiger partial charge in [-0.1, -0.05) is 12.1 Å². The van der Waals surface area contributed by atoms with Crippen LogP contribution in [0.2, 0.25) is 0 Å². The molecule has 0 fully saturated rings. The van der Waals surface area contributed by atoms with Gasteiger partial charge in [0.05, 0.1) is 12.2 Å². The summed E-state index contributed by atoms with van der Waals surface area (Å²) in [5.74, 6) is -1.42. The molecule has 1 aromatic carbocycles. The van der Waals surface area contributed by atoms with Crippen molar-refractivity contribution in [3.8, 4) is 0 Å². The van der Waals surface area contributed by atoms with Crippen LogP contribution >= 0.6 is 11.3 Å². The zero-order valence-electron chi connectivity index (χ0n) is 11.6. The lowest BCUT2D eigenvalue weighted by Crippen LogP contribution is -2.13. The number of hydrogen-bond donors (Lipinski definition) is 3. The van der Waals surface area contributed by atoms with E-state index >= 15 is 0 Å². The van der Waals surface area contributed by atoms with Crippen LogP contribution in [0.25, 0.3) is 0 Å². The van der Waals surface area contributed by atoms with Gasteiger partial charge >= 0.3 is 5.97 Å². The van der Waals surface area contributed by atoms with Gasteiger partial charge in [0.25, 0.3) is 5.91 Å². The average Bonchev–Trinajstić information content (AvgIpc) is 2.73. The number of anilines is 1. The van der Waals surface area contributed by atoms with Crippen LogP contribution in [0.5, 0.6) is 0 Å². The van der Waals surface area contributed by atoms with Crippen LogP contribution in [0.4, 0.5) is 5.00 Å². The van der Waals surface area contributed by atoms with Crippen molar-refractivity contribution in [2.24, 2.45) is 0 Å². The van der Waals surface area contributed by atoms with Crippen LogP contribution in [0.3, 0.4) is 0 Å². The van der Waals surface area contributed by atoms with Crippen LogP contribution in [0.1, 0.15) is 36.7 Å². The zero-order chi connectivity index (χ0) is 15.6. The van der Waals surface area contributed by atoms with Crippen molar-refractivity contribution in [3.63, 3.8) is 0 Å². The first-order chi connectivity index (χ1) is 9.93. The van der Waals surface area contributed by atoms with Gasteiger partial charge in [-0.05, 0) is 37.1 Å². The molecule has 0 aliphatic carbocycles. The molecule has 2 aromatic rings. The minimum absolute atomic E-state index is 0.0889. The Balaban J connectivity index is 2.27. The van der Waals surface area contributed by atoms with Crippen molar-refractivity contribution in [2.75, 3.05) is 5.32 Å². The minimum Gasteiger partial charge on any atom is -0.478 e. The Hall–Kier alpha value is -2.18. The van der Waals surface area contributed by atoms with Crippen LogP contribution < -0.4 is 5.32 Å². The Morgan fingerprint density at radius 3 is 2.33 bits per heavy atom. The van der Waals surface area contributed by atoms with Gasteiger partial charge in [0.2, 0.25) is 0 Å². The summed E-state index contributed by atoms with van der Waals surface area (Å²) in [7, 11) is 0. The van der Waals surface area contributed by atoms with E-state index in [1.165, 1.54) is 11.3 Å². The summed E-state index contributed by atoms with van der Waals surface area (Å²) in [5.41, 5.74) is 1.92. The average molecular weight is 305 g/mol. The number of carboxylic acids is 1. The number of benzene rings is 1. The SMILES string of the molecule is Cc1sc(NC(=O)c2ccc(CO)cc2)c(C(=O)O)c1C. The van der Waals surface area contributed by atoms with Crippen LogP contribution in [0.15, 0.2) is 24.3 Å². The Kier molecular flexibility index (Phi) is 4.40. The molecule has 0 saturated carbocycles. The predicted molar refractivity (Wildman–Crippen MR) is 81.1 cm³/mol. The summed E-state index contributed by atoms with van der Waals surface area (Å²) in [6.45, 7) is 3.45. The number of aryl methyl sites for hydroxylation is 1. The van der Waals surface area contributed by atoms with E-state index in [2.05, 4.69) is 5.32 Å². The van der Waals surface area contributed by atoms with Gasteiger partial charge in [-0.15, -0.1) is 11.3 Å². The van der Waals surface area contributed by atoms with E-state index in [0.717, 1.165) is 4.88 Å². The molecule has 0 bridgehead atoms. The molecule has 3 N–H and O–H groups in total. The van der Waals surface area contributed by atoms with Gasteiger partial charge in [-0.25, -0.2) is 4.79 Å². The standard InChI is InChI=1S/C15H15NO4S/c1-8-9(2)21-14(12(8)15(19)20)16-13(18)11-5-3-10(7-17)4-6-11/h3-6,17H,7H2,1-2H3,(H,16,18)(H,19,20). The fourth-order valence-electron chi connectivity index (χ4n) is 1.91. The van der Waals surface area contributed by atoms with Crippen molar-refractivity contribution in [1.29, 1.82) is 0 Å². The molecule has 21 heavy (non-hydrogen) atoms. The molecule has 0 radical (unpaired) electrons. The quantitative estimate of drug-likeness (QED) is 0.810. The van der Waals surface area contributed by atoms with Gasteiger partial charge in [0, 0.05) is 10.4 Å². The smallest absolute Gasteiger partial charge is 0.338 e. The van der Waals surface area contributed by atoms with E-state index in [4.69, 9.17) is 5.11 Å². The second-order valence-electron chi connectivity index (χ2n) is 4.60. The number of amides is 1. The van der Waals surface area contributed by atoms with E-state index < -0.39 is 5.97 Å². The lowest BCUT2D eigenvalue weighted by Gasteiger charge is -2.05. The maximum atomic E-state index is 12.1. The number of rotatable bonds is 4. The molecule has 0 atom stereocenters. The number of aliphatic hydroxyl groups is 1. The van der Waals surface area contributed by atoms with E-state index in [9.17, 15) is 14.7 Å². The van der Waals surface area contributed by atoms with Crippen molar-refractivity contribution in [3.05, 3.63) is 51.4 Å². The predicted octanol–water partition coefficient (Wildman–Crippen LogP) is 2.81. The third-order valence-electron chi connectivity index (χ3n) is 3.22. The molecule has 0 aliphatic rings. The monoisotopic (exact) mass is 305 g/mol. The maximum Gasteiger partial charge on any atom is 0.338 e. The topological polar surface area (TPSA) is 86.6 Å². The molecule has 1 heterocycles. The molecular formula is C15H15NO4S. The summed E-state index contributed by atoms with van der Waals surface area (Å²) in [4.78, 5) is 24.3. The molecular weight excluding hydrogens is 290 g/mol. The molecule has 0 spiro atoms. The van der Waals surface area contributed by atoms with E-state index in [-0.39, 0.29) is 18.1 Å². The summed E-state index contributed by atoms with van der Waals surface area (Å²) >= 11 is 1.25. The Bertz CT molecular complexity index is 688. The zero-order valence-corrected chi connectivity index (χ0v) is 12.5. The van der Waals surface area contributed by atoms with Gasteiger partial charge in [0.1, 0.15) is 5.00 Å². The highest BCUT2D eigenvalue weighted by atomic mass is 32.1. The van der Waals surface area contributed by atoms with E-state index in [1.807, 2.05) is 6.92 Å². The van der Waals surface area contributed by atoms with E-state index in [0.29, 0.717) is 21.7 Å². The van der Waals surface area contributed by atoms with Crippen molar-refractivity contribution in [2.45, 2.75) is 20.5 Å². The minimum atomic E-state index is -1.05. The van der Waals surface area contributed by atoms with Gasteiger partial charge < -0.3 is 15.5 Å². The maximum absolute atomic E-state index is 12.1. The first-order valence-corrected chi connectivity index (χ1v) is 7.10. The molecule has 6 heteroatoms. The number of nitrogens with one attached hydrogen (secondary N) is 1. The van der Waals surface area contributed by atoms with Crippen molar-refractivity contribution < 1.29 is 19.8 Å². The number of thiophene rings is 1. The highest BCUT2D eigenvalue weighted by Crippen LogP contribution is 2.32. The lowest BCUT2D eigenvalue weighted by molar-refractivity contribution is 0.0697. The molecule has 2 rings (SSSR count). The highest BCUT2D eigenvalue weighted by molar-refractivity contribution is 7.16. The summed E-state index contributed by atoms with van der Waals surface area (Å²) in [5, 5.41) is 21.2. The number of aromatic carboxylic acids is 1. The normalized spacial score (nSPS) is 10.4. The van der Waals surface area contributed by atoms with Crippen LogP contribution in [0, 0.1) is 13.8 Å². The molecule has 5 nitrogen and oxygen atoms in total. The summed E-state index contributed by atoms with van der Waals surface area (Å²) in [6.07, 6.45) is 0. The van der Waals surface area contributed by atoms with Crippen LogP contribution in [-0.4, -0.2) is 22.1 Å². The number of hydrogen-bond acceptors (Lipinski definition) is 4. The second-order valence-corrected chi connectivity index (χ2v) is 5.83. The third kappa shape index (κ3) is 3.12. The molecule has 0 saturated heterocycles. The van der Waals surface area contributed by atoms with Crippen molar-refractivity contribution in [1.82, 2.24) is 0 Å². The van der Waals surface area contributed by atoms with Gasteiger partial charge in [-0.2, -0.15) is 0 Å². The Morgan fingerprint density at radius 2 is 1.81 bits per heavy atom. The van der Waals surface area contributed by atoms with Gasteiger partial charge in [0.15, 0.2) is 0 Å². The van der Waals surface area contributed by atoms with Crippen molar-refractivity contribution >= 4 is 28.2 Å². The first-order valence-electron chi connectivity index (χ1n) is 6.28. The molecule has 0 aliphatic heterocycles. The Morgan fingerprint density at radius 1 is 1.19 bits per heavy atom. The number of carbonyl (C=O) groups is 2. The third-order valence-corrected chi connectivity index (χ3v) is 4.35. The second kappa shape index (κ2) is 6.07. The lowest BCUT2D eigenvalue weighted by atomic mass is 10.1. The largest absolute Gasteiger partial charge is 0.478 e. The fraction of sp³-hybridized carbons (Fsp3) is 0.200. The highest BCUT2D eigenvalue weighted by Gasteiger charge is 2.20. The number of carbonyl (C=O) groups excluding carboxylic acids is 1. The number of carboxylic acid groups (broad SMARTS) is 1. The molecule has 1 amide bonds.